The molecule has 0 saturated carbocycles. The Morgan fingerprint density at radius 3 is 2.52 bits per heavy atom. The van der Waals surface area contributed by atoms with E-state index in [9.17, 15) is 0 Å². The highest BCUT2D eigenvalue weighted by Gasteiger charge is 2.23. The van der Waals surface area contributed by atoms with E-state index >= 15 is 0 Å². The van der Waals surface area contributed by atoms with Crippen molar-refractivity contribution < 1.29 is 4.74 Å². The molecule has 0 amide bonds. The van der Waals surface area contributed by atoms with Gasteiger partial charge in [-0.15, -0.1) is 4.37 Å². The topological polar surface area (TPSA) is 41.5 Å². The largest absolute Gasteiger partial charge is 0.474 e. The molecule has 0 radical (unpaired) electrons. The third-order valence-electron chi connectivity index (χ3n) is 3.92. The first-order valence-electron chi connectivity index (χ1n) is 8.19. The van der Waals surface area contributed by atoms with E-state index in [1.807, 2.05) is 0 Å². The standard InChI is InChI=1S/C17H24N4OS/c1-14(2)13-22-17-16(18-23-19-17)21-10-8-20(9-11-21)12-15-6-4-3-5-7-15/h3-7,14H,8-13H2,1-2H3. The summed E-state index contributed by atoms with van der Waals surface area (Å²) in [6.45, 7) is 10.00. The normalized spacial score (nSPS) is 16.0. The van der Waals surface area contributed by atoms with E-state index in [0.717, 1.165) is 38.5 Å². The number of hydrogen-bond acceptors (Lipinski definition) is 6. The summed E-state index contributed by atoms with van der Waals surface area (Å²) in [5.41, 5.74) is 1.37. The summed E-state index contributed by atoms with van der Waals surface area (Å²) in [5, 5.41) is 0. The monoisotopic (exact) mass is 332 g/mol. The molecule has 1 fully saturated rings. The fourth-order valence-corrected chi connectivity index (χ4v) is 3.19. The summed E-state index contributed by atoms with van der Waals surface area (Å²) < 4.78 is 14.5. The second-order valence-electron chi connectivity index (χ2n) is 6.35. The molecule has 2 aromatic rings. The minimum Gasteiger partial charge on any atom is -0.474 e. The fraction of sp³-hybridized carbons (Fsp3) is 0.529. The number of rotatable bonds is 6. The van der Waals surface area contributed by atoms with Gasteiger partial charge in [-0.1, -0.05) is 44.2 Å². The van der Waals surface area contributed by atoms with Gasteiger partial charge in [0.05, 0.1) is 18.3 Å². The van der Waals surface area contributed by atoms with Gasteiger partial charge in [-0.25, -0.2) is 0 Å². The van der Waals surface area contributed by atoms with Crippen LogP contribution < -0.4 is 9.64 Å². The Kier molecular flexibility index (Phi) is 5.46. The summed E-state index contributed by atoms with van der Waals surface area (Å²) in [6, 6.07) is 10.6. The van der Waals surface area contributed by atoms with Crippen molar-refractivity contribution in [3.05, 3.63) is 35.9 Å². The minimum atomic E-state index is 0.493. The van der Waals surface area contributed by atoms with Gasteiger partial charge in [0.25, 0.3) is 5.88 Å². The summed E-state index contributed by atoms with van der Waals surface area (Å²) >= 11 is 1.23. The Labute approximate surface area is 142 Å². The molecular formula is C17H24N4OS. The Morgan fingerprint density at radius 2 is 1.83 bits per heavy atom. The number of piperazine rings is 1. The maximum absolute atomic E-state index is 5.80. The van der Waals surface area contributed by atoms with Gasteiger partial charge in [-0.05, 0) is 11.5 Å². The molecule has 0 aliphatic carbocycles. The Morgan fingerprint density at radius 1 is 1.09 bits per heavy atom. The van der Waals surface area contributed by atoms with E-state index in [4.69, 9.17) is 4.74 Å². The third-order valence-corrected chi connectivity index (χ3v) is 4.42. The first-order chi connectivity index (χ1) is 11.2. The first kappa shape index (κ1) is 16.2. The quantitative estimate of drug-likeness (QED) is 0.813. The van der Waals surface area contributed by atoms with Gasteiger partial charge in [0.2, 0.25) is 5.82 Å². The molecule has 2 heterocycles. The molecule has 0 N–H and O–H groups in total. The van der Waals surface area contributed by atoms with E-state index in [0.29, 0.717) is 18.4 Å². The van der Waals surface area contributed by atoms with Gasteiger partial charge in [0, 0.05) is 32.7 Å². The van der Waals surface area contributed by atoms with Crippen LogP contribution >= 0.6 is 11.7 Å². The summed E-state index contributed by atoms with van der Waals surface area (Å²) in [4.78, 5) is 4.78. The SMILES string of the molecule is CC(C)COc1nsnc1N1CCN(Cc2ccccc2)CC1. The Bertz CT molecular complexity index is 594. The van der Waals surface area contributed by atoms with Crippen LogP contribution in [-0.2, 0) is 6.54 Å². The molecule has 3 rings (SSSR count). The molecule has 5 nitrogen and oxygen atoms in total. The van der Waals surface area contributed by atoms with Crippen LogP contribution in [0.2, 0.25) is 0 Å². The molecular weight excluding hydrogens is 308 g/mol. The van der Waals surface area contributed by atoms with E-state index in [1.54, 1.807) is 0 Å². The molecule has 6 heteroatoms. The number of hydrogen-bond donors (Lipinski definition) is 0. The molecule has 0 bridgehead atoms. The summed E-state index contributed by atoms with van der Waals surface area (Å²) in [7, 11) is 0. The molecule has 0 spiro atoms. The van der Waals surface area contributed by atoms with Crippen molar-refractivity contribution in [3.63, 3.8) is 0 Å². The molecule has 0 atom stereocenters. The summed E-state index contributed by atoms with van der Waals surface area (Å²) in [5.74, 6) is 2.10. The van der Waals surface area contributed by atoms with Gasteiger partial charge < -0.3 is 9.64 Å². The number of anilines is 1. The first-order valence-corrected chi connectivity index (χ1v) is 8.92. The van der Waals surface area contributed by atoms with Crippen molar-refractivity contribution in [1.82, 2.24) is 13.6 Å². The average molecular weight is 332 g/mol. The number of aromatic nitrogens is 2. The highest BCUT2D eigenvalue weighted by molar-refractivity contribution is 6.99. The highest BCUT2D eigenvalue weighted by atomic mass is 32.1. The van der Waals surface area contributed by atoms with Crippen molar-refractivity contribution in [1.29, 1.82) is 0 Å². The Balaban J connectivity index is 1.54. The number of ether oxygens (including phenoxy) is 1. The van der Waals surface area contributed by atoms with Crippen LogP contribution in [0.4, 0.5) is 5.82 Å². The zero-order valence-corrected chi connectivity index (χ0v) is 14.6. The van der Waals surface area contributed by atoms with Crippen LogP contribution in [0.15, 0.2) is 30.3 Å². The lowest BCUT2D eigenvalue weighted by Gasteiger charge is -2.34. The van der Waals surface area contributed by atoms with Gasteiger partial charge in [0.1, 0.15) is 0 Å². The number of nitrogens with zero attached hydrogens (tertiary/aromatic N) is 4. The molecule has 1 aliphatic heterocycles. The predicted octanol–water partition coefficient (Wildman–Crippen LogP) is 2.90. The molecule has 124 valence electrons. The Hall–Kier alpha value is -1.66. The smallest absolute Gasteiger partial charge is 0.270 e. The fourth-order valence-electron chi connectivity index (χ4n) is 2.66. The van der Waals surface area contributed by atoms with Gasteiger partial charge >= 0.3 is 0 Å². The van der Waals surface area contributed by atoms with Crippen LogP contribution in [-0.4, -0.2) is 46.4 Å². The zero-order valence-electron chi connectivity index (χ0n) is 13.8. The van der Waals surface area contributed by atoms with Crippen LogP contribution in [0.5, 0.6) is 5.88 Å². The molecule has 1 saturated heterocycles. The van der Waals surface area contributed by atoms with Crippen molar-refractivity contribution in [2.24, 2.45) is 5.92 Å². The van der Waals surface area contributed by atoms with Gasteiger partial charge in [-0.3, -0.25) is 4.90 Å². The maximum Gasteiger partial charge on any atom is 0.270 e. The van der Waals surface area contributed by atoms with Crippen molar-refractivity contribution in [2.75, 3.05) is 37.7 Å². The second kappa shape index (κ2) is 7.75. The third kappa shape index (κ3) is 4.42. The van der Waals surface area contributed by atoms with Crippen LogP contribution in [0.25, 0.3) is 0 Å². The summed E-state index contributed by atoms with van der Waals surface area (Å²) in [6.07, 6.45) is 0. The molecule has 1 aromatic carbocycles. The molecule has 1 aromatic heterocycles. The van der Waals surface area contributed by atoms with E-state index in [-0.39, 0.29) is 0 Å². The lowest BCUT2D eigenvalue weighted by atomic mass is 10.2. The zero-order chi connectivity index (χ0) is 16.1. The molecule has 1 aliphatic rings. The van der Waals surface area contributed by atoms with Crippen LogP contribution in [0.1, 0.15) is 19.4 Å². The van der Waals surface area contributed by atoms with E-state index < -0.39 is 0 Å². The molecule has 23 heavy (non-hydrogen) atoms. The van der Waals surface area contributed by atoms with Gasteiger partial charge in [0.15, 0.2) is 0 Å². The van der Waals surface area contributed by atoms with Crippen LogP contribution in [0.3, 0.4) is 0 Å². The maximum atomic E-state index is 5.80. The lowest BCUT2D eigenvalue weighted by Crippen LogP contribution is -2.46. The minimum absolute atomic E-state index is 0.493. The van der Waals surface area contributed by atoms with Crippen molar-refractivity contribution in [3.8, 4) is 5.88 Å². The van der Waals surface area contributed by atoms with E-state index in [1.165, 1.54) is 17.3 Å². The van der Waals surface area contributed by atoms with Crippen LogP contribution in [0, 0.1) is 5.92 Å². The van der Waals surface area contributed by atoms with Crippen molar-refractivity contribution >= 4 is 17.5 Å². The number of benzene rings is 1. The second-order valence-corrected chi connectivity index (χ2v) is 6.88. The predicted molar refractivity (Wildman–Crippen MR) is 94.2 cm³/mol. The van der Waals surface area contributed by atoms with Crippen molar-refractivity contribution in [2.45, 2.75) is 20.4 Å². The van der Waals surface area contributed by atoms with E-state index in [2.05, 4.69) is 62.7 Å². The lowest BCUT2D eigenvalue weighted by molar-refractivity contribution is 0.243. The highest BCUT2D eigenvalue weighted by Crippen LogP contribution is 2.27. The average Bonchev–Trinajstić information content (AvgIpc) is 3.03. The van der Waals surface area contributed by atoms with Gasteiger partial charge in [-0.2, -0.15) is 4.37 Å². The molecule has 0 unspecified atom stereocenters.